The summed E-state index contributed by atoms with van der Waals surface area (Å²) in [5.74, 6) is 2.08. The zero-order valence-corrected chi connectivity index (χ0v) is 19.1. The number of rotatable bonds is 5. The summed E-state index contributed by atoms with van der Waals surface area (Å²) in [6, 6.07) is 7.86. The normalized spacial score (nSPS) is 14.1. The number of fused-ring (bicyclic) bond motifs is 1. The van der Waals surface area contributed by atoms with E-state index in [1.165, 1.54) is 0 Å². The second-order valence-corrected chi connectivity index (χ2v) is 7.51. The van der Waals surface area contributed by atoms with Crippen LogP contribution >= 0.6 is 24.8 Å². The molecule has 0 saturated carbocycles. The van der Waals surface area contributed by atoms with Gasteiger partial charge >= 0.3 is 5.69 Å². The molecule has 1 aliphatic rings. The van der Waals surface area contributed by atoms with Crippen molar-refractivity contribution in [2.75, 3.05) is 25.5 Å². The Kier molecular flexibility index (Phi) is 8.18. The molecule has 7 nitrogen and oxygen atoms in total. The van der Waals surface area contributed by atoms with E-state index in [-0.39, 0.29) is 30.5 Å². The quantitative estimate of drug-likeness (QED) is 0.616. The van der Waals surface area contributed by atoms with Gasteiger partial charge in [0.05, 0.1) is 24.3 Å². The van der Waals surface area contributed by atoms with E-state index in [1.807, 2.05) is 42.8 Å². The summed E-state index contributed by atoms with van der Waals surface area (Å²) in [7, 11) is 3.47. The minimum absolute atomic E-state index is 0. The molecule has 0 unspecified atom stereocenters. The van der Waals surface area contributed by atoms with Crippen molar-refractivity contribution in [3.8, 4) is 5.75 Å². The number of aryl methyl sites for hydroxylation is 2. The lowest BCUT2D eigenvalue weighted by Crippen LogP contribution is -2.32. The summed E-state index contributed by atoms with van der Waals surface area (Å²) in [4.78, 5) is 17.3. The molecule has 9 heteroatoms. The van der Waals surface area contributed by atoms with Gasteiger partial charge in [-0.05, 0) is 62.5 Å². The molecule has 0 radical (unpaired) electrons. The van der Waals surface area contributed by atoms with E-state index >= 15 is 0 Å². The van der Waals surface area contributed by atoms with Crippen molar-refractivity contribution in [2.24, 2.45) is 13.0 Å². The van der Waals surface area contributed by atoms with Gasteiger partial charge in [-0.15, -0.1) is 24.8 Å². The van der Waals surface area contributed by atoms with Crippen molar-refractivity contribution < 1.29 is 4.74 Å². The van der Waals surface area contributed by atoms with E-state index in [0.29, 0.717) is 5.92 Å². The van der Waals surface area contributed by atoms with Crippen LogP contribution in [-0.2, 0) is 13.6 Å². The molecule has 0 amide bonds. The first-order valence-corrected chi connectivity index (χ1v) is 9.74. The maximum atomic E-state index is 12.8. The van der Waals surface area contributed by atoms with Gasteiger partial charge < -0.3 is 15.4 Å². The minimum atomic E-state index is 0. The maximum Gasteiger partial charge on any atom is 0.328 e. The first kappa shape index (κ1) is 24.1. The smallest absolute Gasteiger partial charge is 0.328 e. The summed E-state index contributed by atoms with van der Waals surface area (Å²) in [5, 5.41) is 6.76. The highest BCUT2D eigenvalue weighted by Crippen LogP contribution is 2.26. The lowest BCUT2D eigenvalue weighted by molar-refractivity contribution is 0.332. The van der Waals surface area contributed by atoms with Crippen LogP contribution in [0, 0.1) is 12.8 Å². The molecular weight excluding hydrogens is 425 g/mol. The highest BCUT2D eigenvalue weighted by atomic mass is 35.5. The van der Waals surface area contributed by atoms with Gasteiger partial charge in [-0.3, -0.25) is 9.13 Å². The van der Waals surface area contributed by atoms with Gasteiger partial charge in [-0.25, -0.2) is 9.78 Å². The Labute approximate surface area is 188 Å². The number of methoxy groups -OCH3 is 1. The highest BCUT2D eigenvalue weighted by molar-refractivity contribution is 5.85. The van der Waals surface area contributed by atoms with Crippen LogP contribution in [0.4, 0.5) is 11.5 Å². The fourth-order valence-corrected chi connectivity index (χ4v) is 3.91. The Balaban J connectivity index is 0.00000160. The van der Waals surface area contributed by atoms with E-state index in [4.69, 9.17) is 4.74 Å². The van der Waals surface area contributed by atoms with Crippen molar-refractivity contribution in [3.63, 3.8) is 0 Å². The lowest BCUT2D eigenvalue weighted by Gasteiger charge is -2.22. The van der Waals surface area contributed by atoms with Gasteiger partial charge in [-0.2, -0.15) is 0 Å². The van der Waals surface area contributed by atoms with Crippen molar-refractivity contribution in [1.82, 2.24) is 19.4 Å². The Morgan fingerprint density at radius 2 is 1.93 bits per heavy atom. The van der Waals surface area contributed by atoms with E-state index in [2.05, 4.69) is 15.6 Å². The molecule has 164 valence electrons. The number of halogens is 2. The largest absolute Gasteiger partial charge is 0.497 e. The van der Waals surface area contributed by atoms with Gasteiger partial charge in [0.1, 0.15) is 11.6 Å². The fourth-order valence-electron chi connectivity index (χ4n) is 3.91. The molecule has 1 saturated heterocycles. The van der Waals surface area contributed by atoms with Gasteiger partial charge in [0, 0.05) is 25.3 Å². The van der Waals surface area contributed by atoms with Gasteiger partial charge in [0.15, 0.2) is 0 Å². The van der Waals surface area contributed by atoms with E-state index in [9.17, 15) is 4.79 Å². The van der Waals surface area contributed by atoms with Crippen LogP contribution < -0.4 is 21.1 Å². The van der Waals surface area contributed by atoms with Crippen LogP contribution in [0.25, 0.3) is 11.0 Å². The lowest BCUT2D eigenvalue weighted by atomic mass is 9.98. The molecule has 3 heterocycles. The predicted molar refractivity (Wildman–Crippen MR) is 126 cm³/mol. The first-order chi connectivity index (χ1) is 13.6. The second-order valence-electron chi connectivity index (χ2n) is 7.51. The maximum absolute atomic E-state index is 12.8. The van der Waals surface area contributed by atoms with E-state index < -0.39 is 0 Å². The number of ether oxygens (including phenoxy) is 1. The summed E-state index contributed by atoms with van der Waals surface area (Å²) >= 11 is 0. The molecule has 4 rings (SSSR count). The molecule has 1 fully saturated rings. The number of hydrogen-bond acceptors (Lipinski definition) is 5. The van der Waals surface area contributed by atoms with Crippen molar-refractivity contribution in [3.05, 3.63) is 46.5 Å². The summed E-state index contributed by atoms with van der Waals surface area (Å²) < 4.78 is 8.86. The van der Waals surface area contributed by atoms with Gasteiger partial charge in [-0.1, -0.05) is 0 Å². The third-order valence-electron chi connectivity index (χ3n) is 5.63. The van der Waals surface area contributed by atoms with Gasteiger partial charge in [0.25, 0.3) is 0 Å². The zero-order valence-electron chi connectivity index (χ0n) is 17.5. The summed E-state index contributed by atoms with van der Waals surface area (Å²) in [6.45, 7) is 4.83. The Morgan fingerprint density at radius 3 is 2.60 bits per heavy atom. The Morgan fingerprint density at radius 1 is 1.20 bits per heavy atom. The molecule has 1 aromatic carbocycles. The van der Waals surface area contributed by atoms with Crippen LogP contribution in [0.1, 0.15) is 18.4 Å². The summed E-state index contributed by atoms with van der Waals surface area (Å²) in [5.41, 5.74) is 3.84. The molecule has 0 bridgehead atoms. The van der Waals surface area contributed by atoms with Crippen LogP contribution in [0.15, 0.2) is 35.3 Å². The SMILES string of the molecule is COc1ccc(Nc2cc3c(cn2)n(C)c(=O)n3CC2CCNCC2)c(C)c1.Cl.Cl. The Hall–Kier alpha value is -2.22. The fraction of sp³-hybridized carbons (Fsp3) is 0.429. The second kappa shape index (κ2) is 10.2. The molecular formula is C21H29Cl2N5O2. The number of anilines is 2. The monoisotopic (exact) mass is 453 g/mol. The highest BCUT2D eigenvalue weighted by Gasteiger charge is 2.18. The average Bonchev–Trinajstić information content (AvgIpc) is 2.95. The van der Waals surface area contributed by atoms with E-state index in [1.54, 1.807) is 17.9 Å². The molecule has 1 aliphatic heterocycles. The molecule has 0 spiro atoms. The molecule has 30 heavy (non-hydrogen) atoms. The minimum Gasteiger partial charge on any atom is -0.497 e. The molecule has 2 N–H and O–H groups in total. The van der Waals surface area contributed by atoms with Crippen LogP contribution in [0.5, 0.6) is 5.75 Å². The first-order valence-electron chi connectivity index (χ1n) is 9.74. The number of benzene rings is 1. The molecule has 0 aliphatic carbocycles. The number of pyridine rings is 1. The third kappa shape index (κ3) is 4.74. The number of nitrogens with zero attached hydrogens (tertiary/aromatic N) is 3. The average molecular weight is 454 g/mol. The Bertz CT molecular complexity index is 1060. The van der Waals surface area contributed by atoms with Gasteiger partial charge in [0.2, 0.25) is 0 Å². The van der Waals surface area contributed by atoms with Crippen LogP contribution in [0.2, 0.25) is 0 Å². The molecule has 3 aromatic rings. The van der Waals surface area contributed by atoms with Crippen molar-refractivity contribution in [2.45, 2.75) is 26.3 Å². The molecule has 2 aromatic heterocycles. The molecule has 0 atom stereocenters. The van der Waals surface area contributed by atoms with Crippen LogP contribution in [-0.4, -0.2) is 34.3 Å². The summed E-state index contributed by atoms with van der Waals surface area (Å²) in [6.07, 6.45) is 3.98. The number of piperidine rings is 1. The van der Waals surface area contributed by atoms with Crippen LogP contribution in [0.3, 0.4) is 0 Å². The predicted octanol–water partition coefficient (Wildman–Crippen LogP) is 3.64. The van der Waals surface area contributed by atoms with Crippen molar-refractivity contribution >= 4 is 47.4 Å². The topological polar surface area (TPSA) is 73.1 Å². The number of nitrogens with one attached hydrogen (secondary N) is 2. The van der Waals surface area contributed by atoms with Crippen molar-refractivity contribution in [1.29, 1.82) is 0 Å². The standard InChI is InChI=1S/C21H27N5O2.2ClH/c1-14-10-16(28-3)4-5-17(14)24-20-11-18-19(12-23-20)25(2)21(27)26(18)13-15-6-8-22-9-7-15;;/h4-5,10-12,15,22H,6-9,13H2,1-3H3,(H,23,24);2*1H. The number of imidazole rings is 1. The third-order valence-corrected chi connectivity index (χ3v) is 5.63. The van der Waals surface area contributed by atoms with E-state index in [0.717, 1.165) is 66.3 Å². The number of hydrogen-bond donors (Lipinski definition) is 2. The zero-order chi connectivity index (χ0) is 19.7. The number of aromatic nitrogens is 3.